The third-order valence-electron chi connectivity index (χ3n) is 4.25. The average Bonchev–Trinajstić information content (AvgIpc) is 2.31. The molecule has 0 aromatic rings. The molecule has 0 spiro atoms. The van der Waals surface area contributed by atoms with Gasteiger partial charge in [-0.3, -0.25) is 4.79 Å². The van der Waals surface area contributed by atoms with Crippen LogP contribution in [0, 0.1) is 11.3 Å². The first-order valence-electron chi connectivity index (χ1n) is 6.95. The van der Waals surface area contributed by atoms with E-state index in [-0.39, 0.29) is 6.61 Å². The molecule has 2 N–H and O–H groups in total. The highest BCUT2D eigenvalue weighted by atomic mass is 16.4. The van der Waals surface area contributed by atoms with Gasteiger partial charge in [-0.15, -0.1) is 0 Å². The molecular formula is C14H26O3. The normalized spacial score (nSPS) is 29.2. The first-order chi connectivity index (χ1) is 8.10. The summed E-state index contributed by atoms with van der Waals surface area (Å²) < 4.78 is 0. The summed E-state index contributed by atoms with van der Waals surface area (Å²) in [5, 5.41) is 18.1. The Kier molecular flexibility index (Phi) is 5.96. The second-order valence-corrected chi connectivity index (χ2v) is 5.66. The topological polar surface area (TPSA) is 57.5 Å². The van der Waals surface area contributed by atoms with Gasteiger partial charge in [-0.1, -0.05) is 26.2 Å². The highest BCUT2D eigenvalue weighted by Gasteiger charge is 2.40. The minimum atomic E-state index is -0.591. The highest BCUT2D eigenvalue weighted by molar-refractivity contribution is 5.74. The third kappa shape index (κ3) is 4.30. The van der Waals surface area contributed by atoms with Crippen molar-refractivity contribution in [2.45, 2.75) is 64.7 Å². The minimum Gasteiger partial charge on any atom is -0.481 e. The lowest BCUT2D eigenvalue weighted by Gasteiger charge is -2.35. The average molecular weight is 242 g/mol. The van der Waals surface area contributed by atoms with E-state index in [1.807, 2.05) is 0 Å². The number of hydrogen-bond acceptors (Lipinski definition) is 2. The smallest absolute Gasteiger partial charge is 0.309 e. The quantitative estimate of drug-likeness (QED) is 0.674. The summed E-state index contributed by atoms with van der Waals surface area (Å²) in [5.41, 5.74) is -0.439. The molecule has 0 amide bonds. The van der Waals surface area contributed by atoms with E-state index in [0.717, 1.165) is 57.8 Å². The van der Waals surface area contributed by atoms with Gasteiger partial charge in [0.2, 0.25) is 0 Å². The lowest BCUT2D eigenvalue weighted by molar-refractivity contribution is -0.152. The number of unbranched alkanes of at least 4 members (excludes halogenated alkanes) is 3. The zero-order chi connectivity index (χ0) is 12.7. The van der Waals surface area contributed by atoms with Gasteiger partial charge in [-0.25, -0.2) is 0 Å². The van der Waals surface area contributed by atoms with Gasteiger partial charge in [-0.2, -0.15) is 0 Å². The van der Waals surface area contributed by atoms with Crippen molar-refractivity contribution in [3.05, 3.63) is 0 Å². The molecular weight excluding hydrogens is 216 g/mol. The molecule has 3 nitrogen and oxygen atoms in total. The number of aliphatic carboxylic acids is 1. The zero-order valence-corrected chi connectivity index (χ0v) is 11.0. The predicted molar refractivity (Wildman–Crippen MR) is 67.9 cm³/mol. The Morgan fingerprint density at radius 1 is 1.18 bits per heavy atom. The molecule has 0 saturated heterocycles. The largest absolute Gasteiger partial charge is 0.481 e. The Morgan fingerprint density at radius 2 is 1.76 bits per heavy atom. The van der Waals surface area contributed by atoms with Crippen LogP contribution < -0.4 is 0 Å². The van der Waals surface area contributed by atoms with Crippen LogP contribution in [-0.2, 0) is 4.79 Å². The number of aliphatic hydroxyl groups is 1. The molecule has 0 unspecified atom stereocenters. The maximum atomic E-state index is 11.5. The van der Waals surface area contributed by atoms with E-state index >= 15 is 0 Å². The summed E-state index contributed by atoms with van der Waals surface area (Å²) in [5.74, 6) is 0.100. The van der Waals surface area contributed by atoms with Crippen LogP contribution in [0.25, 0.3) is 0 Å². The molecule has 1 fully saturated rings. The SMILES string of the molecule is CC1CCC(CCCCCCO)(C(=O)O)CC1. The molecule has 0 atom stereocenters. The molecule has 0 aromatic heterocycles. The van der Waals surface area contributed by atoms with Crippen LogP contribution in [-0.4, -0.2) is 22.8 Å². The van der Waals surface area contributed by atoms with E-state index < -0.39 is 11.4 Å². The van der Waals surface area contributed by atoms with Crippen LogP contribution >= 0.6 is 0 Å². The fraction of sp³-hybridized carbons (Fsp3) is 0.929. The van der Waals surface area contributed by atoms with Crippen LogP contribution in [0.15, 0.2) is 0 Å². The lowest BCUT2D eigenvalue weighted by atomic mass is 9.68. The van der Waals surface area contributed by atoms with Crippen molar-refractivity contribution < 1.29 is 15.0 Å². The molecule has 0 bridgehead atoms. The molecule has 1 saturated carbocycles. The Bertz CT molecular complexity index is 230. The summed E-state index contributed by atoms with van der Waals surface area (Å²) in [6, 6.07) is 0. The van der Waals surface area contributed by atoms with E-state index in [9.17, 15) is 9.90 Å². The number of rotatable bonds is 7. The number of hydrogen-bond donors (Lipinski definition) is 2. The van der Waals surface area contributed by atoms with E-state index in [1.54, 1.807) is 0 Å². The lowest BCUT2D eigenvalue weighted by Crippen LogP contribution is -2.35. The van der Waals surface area contributed by atoms with Crippen molar-refractivity contribution in [2.24, 2.45) is 11.3 Å². The van der Waals surface area contributed by atoms with Crippen molar-refractivity contribution >= 4 is 5.97 Å². The van der Waals surface area contributed by atoms with Gasteiger partial charge in [0.1, 0.15) is 0 Å². The second kappa shape index (κ2) is 7.00. The number of carbonyl (C=O) groups is 1. The summed E-state index contributed by atoms with van der Waals surface area (Å²) in [6.07, 6.45) is 8.53. The summed E-state index contributed by atoms with van der Waals surface area (Å²) >= 11 is 0. The fourth-order valence-corrected chi connectivity index (χ4v) is 2.81. The van der Waals surface area contributed by atoms with Crippen LogP contribution in [0.5, 0.6) is 0 Å². The van der Waals surface area contributed by atoms with Gasteiger partial charge in [0.15, 0.2) is 0 Å². The van der Waals surface area contributed by atoms with Gasteiger partial charge in [-0.05, 0) is 44.4 Å². The highest BCUT2D eigenvalue weighted by Crippen LogP contribution is 2.42. The number of carboxylic acid groups (broad SMARTS) is 1. The number of carboxylic acids is 1. The monoisotopic (exact) mass is 242 g/mol. The van der Waals surface area contributed by atoms with Crippen molar-refractivity contribution in [1.29, 1.82) is 0 Å². The Hall–Kier alpha value is -0.570. The first kappa shape index (κ1) is 14.5. The van der Waals surface area contributed by atoms with Crippen molar-refractivity contribution in [3.8, 4) is 0 Å². The summed E-state index contributed by atoms with van der Waals surface area (Å²) in [4.78, 5) is 11.5. The molecule has 1 rings (SSSR count). The zero-order valence-electron chi connectivity index (χ0n) is 11.0. The minimum absolute atomic E-state index is 0.252. The molecule has 100 valence electrons. The van der Waals surface area contributed by atoms with E-state index in [2.05, 4.69) is 6.92 Å². The molecule has 3 heteroatoms. The molecule has 0 aromatic carbocycles. The second-order valence-electron chi connectivity index (χ2n) is 5.66. The van der Waals surface area contributed by atoms with Crippen molar-refractivity contribution in [3.63, 3.8) is 0 Å². The van der Waals surface area contributed by atoms with Crippen molar-refractivity contribution in [2.75, 3.05) is 6.61 Å². The first-order valence-corrected chi connectivity index (χ1v) is 6.95. The van der Waals surface area contributed by atoms with E-state index in [1.165, 1.54) is 0 Å². The molecule has 1 aliphatic carbocycles. The standard InChI is InChI=1S/C14H26O3/c1-12-6-9-14(10-7-12,13(16)17)8-4-2-3-5-11-15/h12,15H,2-11H2,1H3,(H,16,17). The van der Waals surface area contributed by atoms with Crippen LogP contribution in [0.2, 0.25) is 0 Å². The van der Waals surface area contributed by atoms with Gasteiger partial charge in [0.25, 0.3) is 0 Å². The Balaban J connectivity index is 2.35. The van der Waals surface area contributed by atoms with Crippen LogP contribution in [0.1, 0.15) is 64.7 Å². The van der Waals surface area contributed by atoms with Gasteiger partial charge >= 0.3 is 5.97 Å². The molecule has 17 heavy (non-hydrogen) atoms. The molecule has 0 aliphatic heterocycles. The Morgan fingerprint density at radius 3 is 2.29 bits per heavy atom. The van der Waals surface area contributed by atoms with E-state index in [4.69, 9.17) is 5.11 Å². The van der Waals surface area contributed by atoms with E-state index in [0.29, 0.717) is 5.92 Å². The Labute approximate surface area is 104 Å². The fourth-order valence-electron chi connectivity index (χ4n) is 2.81. The molecule has 0 heterocycles. The van der Waals surface area contributed by atoms with Crippen molar-refractivity contribution in [1.82, 2.24) is 0 Å². The van der Waals surface area contributed by atoms with Gasteiger partial charge in [0, 0.05) is 6.61 Å². The van der Waals surface area contributed by atoms with Crippen LogP contribution in [0.4, 0.5) is 0 Å². The van der Waals surface area contributed by atoms with Gasteiger partial charge in [0.05, 0.1) is 5.41 Å². The third-order valence-corrected chi connectivity index (χ3v) is 4.25. The maximum absolute atomic E-state index is 11.5. The maximum Gasteiger partial charge on any atom is 0.309 e. The van der Waals surface area contributed by atoms with Gasteiger partial charge < -0.3 is 10.2 Å². The van der Waals surface area contributed by atoms with Crippen LogP contribution in [0.3, 0.4) is 0 Å². The number of aliphatic hydroxyl groups excluding tert-OH is 1. The molecule has 0 radical (unpaired) electrons. The summed E-state index contributed by atoms with van der Waals surface area (Å²) in [6.45, 7) is 2.47. The predicted octanol–water partition coefficient (Wildman–Crippen LogP) is 3.21. The molecule has 1 aliphatic rings. The summed E-state index contributed by atoms with van der Waals surface area (Å²) in [7, 11) is 0.